The molecule has 0 saturated carbocycles. The molecule has 0 aliphatic carbocycles. The molecule has 0 atom stereocenters. The van der Waals surface area contributed by atoms with Crippen LogP contribution in [-0.4, -0.2) is 17.0 Å². The number of nitrogens with zero attached hydrogens (tertiary/aromatic N) is 2. The minimum atomic E-state index is -0.528. The molecule has 0 unspecified atom stereocenters. The van der Waals surface area contributed by atoms with Crippen molar-refractivity contribution in [3.05, 3.63) is 38.6 Å². The molecule has 0 amide bonds. The van der Waals surface area contributed by atoms with Gasteiger partial charge < -0.3 is 4.74 Å². The van der Waals surface area contributed by atoms with Gasteiger partial charge in [0.05, 0.1) is 12.0 Å². The minimum absolute atomic E-state index is 0.413. The van der Waals surface area contributed by atoms with E-state index in [2.05, 4.69) is 20.9 Å². The summed E-state index contributed by atoms with van der Waals surface area (Å²) in [5.41, 5.74) is 0.647. The highest BCUT2D eigenvalue weighted by atomic mass is 79.9. The van der Waals surface area contributed by atoms with Crippen molar-refractivity contribution in [3.8, 4) is 5.88 Å². The zero-order valence-corrected chi connectivity index (χ0v) is 8.89. The third-order valence-electron chi connectivity index (χ3n) is 1.44. The summed E-state index contributed by atoms with van der Waals surface area (Å²) in [6, 6.07) is 1.60. The molecule has 0 aliphatic rings. The molecule has 1 rings (SSSR count). The van der Waals surface area contributed by atoms with Crippen molar-refractivity contribution < 1.29 is 9.66 Å². The molecule has 0 bridgehead atoms. The van der Waals surface area contributed by atoms with Crippen molar-refractivity contribution >= 4 is 22.0 Å². The number of ether oxygens (including phenoxy) is 1. The summed E-state index contributed by atoms with van der Waals surface area (Å²) in [6.45, 7) is 0. The maximum atomic E-state index is 10.1. The lowest BCUT2D eigenvalue weighted by Gasteiger charge is -2.00. The largest absolute Gasteiger partial charge is 0.481 e. The molecular weight excluding hydrogens is 252 g/mol. The van der Waals surface area contributed by atoms with Crippen LogP contribution in [0, 0.1) is 10.1 Å². The number of halogens is 1. The van der Waals surface area contributed by atoms with Crippen molar-refractivity contribution in [3.63, 3.8) is 0 Å². The summed E-state index contributed by atoms with van der Waals surface area (Å²) < 4.78 is 5.56. The Kier molecular flexibility index (Phi) is 3.58. The van der Waals surface area contributed by atoms with Gasteiger partial charge in [-0.3, -0.25) is 10.1 Å². The van der Waals surface area contributed by atoms with Gasteiger partial charge in [-0.2, -0.15) is 0 Å². The van der Waals surface area contributed by atoms with Gasteiger partial charge in [0.2, 0.25) is 12.1 Å². The van der Waals surface area contributed by atoms with Crippen LogP contribution in [0.3, 0.4) is 0 Å². The molecule has 6 heteroatoms. The number of aromatic nitrogens is 1. The average molecular weight is 259 g/mol. The van der Waals surface area contributed by atoms with E-state index in [1.54, 1.807) is 6.07 Å². The highest BCUT2D eigenvalue weighted by Gasteiger charge is 2.01. The van der Waals surface area contributed by atoms with Crippen LogP contribution in [0.2, 0.25) is 0 Å². The van der Waals surface area contributed by atoms with E-state index >= 15 is 0 Å². The summed E-state index contributed by atoms with van der Waals surface area (Å²) in [6.07, 6.45) is 3.76. The van der Waals surface area contributed by atoms with Crippen LogP contribution < -0.4 is 4.74 Å². The highest BCUT2D eigenvalue weighted by molar-refractivity contribution is 9.10. The molecule has 0 radical (unpaired) electrons. The lowest BCUT2D eigenvalue weighted by Crippen LogP contribution is -1.89. The summed E-state index contributed by atoms with van der Waals surface area (Å²) in [5, 5.41) is 10.1. The topological polar surface area (TPSA) is 65.3 Å². The fourth-order valence-electron chi connectivity index (χ4n) is 0.815. The van der Waals surface area contributed by atoms with Gasteiger partial charge in [-0.15, -0.1) is 0 Å². The van der Waals surface area contributed by atoms with Crippen molar-refractivity contribution in [1.82, 2.24) is 4.98 Å². The molecule has 0 aliphatic heterocycles. The third kappa shape index (κ3) is 2.81. The number of pyridine rings is 1. The molecule has 0 fully saturated rings. The smallest absolute Gasteiger partial charge is 0.235 e. The number of hydrogen-bond acceptors (Lipinski definition) is 4. The van der Waals surface area contributed by atoms with Crippen LogP contribution in [0.5, 0.6) is 5.88 Å². The van der Waals surface area contributed by atoms with E-state index < -0.39 is 4.92 Å². The van der Waals surface area contributed by atoms with Crippen LogP contribution in [0.4, 0.5) is 0 Å². The van der Waals surface area contributed by atoms with Crippen molar-refractivity contribution in [2.75, 3.05) is 7.11 Å². The second kappa shape index (κ2) is 4.71. The first-order valence-corrected chi connectivity index (χ1v) is 4.44. The molecule has 0 saturated heterocycles. The van der Waals surface area contributed by atoms with Gasteiger partial charge in [0.25, 0.3) is 0 Å². The van der Waals surface area contributed by atoms with Gasteiger partial charge in [0.1, 0.15) is 0 Å². The van der Waals surface area contributed by atoms with Crippen LogP contribution in [0.25, 0.3) is 6.08 Å². The second-order valence-electron chi connectivity index (χ2n) is 2.35. The van der Waals surface area contributed by atoms with E-state index in [0.29, 0.717) is 15.9 Å². The normalized spacial score (nSPS) is 10.4. The van der Waals surface area contributed by atoms with E-state index in [0.717, 1.165) is 6.20 Å². The maximum Gasteiger partial charge on any atom is 0.235 e. The summed E-state index contributed by atoms with van der Waals surface area (Å²) in [5.74, 6) is 0.413. The monoisotopic (exact) mass is 258 g/mol. The summed E-state index contributed by atoms with van der Waals surface area (Å²) in [4.78, 5) is 13.5. The van der Waals surface area contributed by atoms with Gasteiger partial charge in [0.15, 0.2) is 0 Å². The second-order valence-corrected chi connectivity index (χ2v) is 3.20. The molecular formula is C8H7BrN2O3. The van der Waals surface area contributed by atoms with E-state index in [4.69, 9.17) is 4.74 Å². The zero-order chi connectivity index (χ0) is 10.6. The zero-order valence-electron chi connectivity index (χ0n) is 7.31. The number of hydrogen-bond donors (Lipinski definition) is 0. The van der Waals surface area contributed by atoms with Crippen molar-refractivity contribution in [1.29, 1.82) is 0 Å². The number of rotatable bonds is 3. The predicted molar refractivity (Wildman–Crippen MR) is 54.5 cm³/mol. The first kappa shape index (κ1) is 10.6. The molecule has 0 N–H and O–H groups in total. The van der Waals surface area contributed by atoms with Gasteiger partial charge in [0, 0.05) is 28.4 Å². The van der Waals surface area contributed by atoms with E-state index in [9.17, 15) is 10.1 Å². The lowest BCUT2D eigenvalue weighted by atomic mass is 10.2. The van der Waals surface area contributed by atoms with Gasteiger partial charge in [-0.25, -0.2) is 4.98 Å². The number of nitro groups is 1. The van der Waals surface area contributed by atoms with E-state index in [1.807, 2.05) is 0 Å². The summed E-state index contributed by atoms with van der Waals surface area (Å²) in [7, 11) is 1.48. The number of methoxy groups -OCH3 is 1. The molecule has 1 aromatic heterocycles. The molecule has 5 nitrogen and oxygen atoms in total. The summed E-state index contributed by atoms with van der Waals surface area (Å²) >= 11 is 3.22. The van der Waals surface area contributed by atoms with Gasteiger partial charge in [-0.05, 0) is 15.9 Å². The van der Waals surface area contributed by atoms with Gasteiger partial charge >= 0.3 is 0 Å². The Balaban J connectivity index is 3.00. The third-order valence-corrected chi connectivity index (χ3v) is 2.11. The molecule has 0 aromatic carbocycles. The Morgan fingerprint density at radius 2 is 2.43 bits per heavy atom. The Morgan fingerprint density at radius 3 is 3.00 bits per heavy atom. The molecule has 74 valence electrons. The fourth-order valence-corrected chi connectivity index (χ4v) is 1.16. The quantitative estimate of drug-likeness (QED) is 0.615. The van der Waals surface area contributed by atoms with Gasteiger partial charge in [-0.1, -0.05) is 0 Å². The first-order valence-electron chi connectivity index (χ1n) is 3.64. The predicted octanol–water partition coefficient (Wildman–Crippen LogP) is 2.10. The van der Waals surface area contributed by atoms with Crippen molar-refractivity contribution in [2.45, 2.75) is 0 Å². The van der Waals surface area contributed by atoms with Crippen LogP contribution >= 0.6 is 15.9 Å². The Bertz CT molecular complexity index is 379. The highest BCUT2D eigenvalue weighted by Crippen LogP contribution is 2.20. The van der Waals surface area contributed by atoms with Crippen LogP contribution in [0.15, 0.2) is 22.9 Å². The lowest BCUT2D eigenvalue weighted by molar-refractivity contribution is -0.400. The molecule has 0 spiro atoms. The minimum Gasteiger partial charge on any atom is -0.481 e. The Labute approximate surface area is 88.7 Å². The van der Waals surface area contributed by atoms with E-state index in [1.165, 1.54) is 19.4 Å². The molecule has 1 aromatic rings. The van der Waals surface area contributed by atoms with Crippen molar-refractivity contribution in [2.24, 2.45) is 0 Å². The Hall–Kier alpha value is -1.43. The average Bonchev–Trinajstić information content (AvgIpc) is 2.16. The Morgan fingerprint density at radius 1 is 1.71 bits per heavy atom. The SMILES string of the molecule is COc1cc(/C=C/[N+](=O)[O-])c(Br)cn1. The first-order chi connectivity index (χ1) is 6.63. The van der Waals surface area contributed by atoms with Crippen LogP contribution in [0.1, 0.15) is 5.56 Å². The molecule has 1 heterocycles. The maximum absolute atomic E-state index is 10.1. The standard InChI is InChI=1S/C8H7BrN2O3/c1-14-8-4-6(2-3-11(12)13)7(9)5-10-8/h2-5H,1H3/b3-2+. The fraction of sp³-hybridized carbons (Fsp3) is 0.125. The molecule has 14 heavy (non-hydrogen) atoms. The van der Waals surface area contributed by atoms with E-state index in [-0.39, 0.29) is 0 Å². The van der Waals surface area contributed by atoms with Crippen LogP contribution in [-0.2, 0) is 0 Å².